The van der Waals surface area contributed by atoms with Crippen molar-refractivity contribution in [2.75, 3.05) is 5.32 Å². The average molecular weight is 325 g/mol. The molecule has 0 spiro atoms. The van der Waals surface area contributed by atoms with Crippen molar-refractivity contribution in [3.05, 3.63) is 63.7 Å². The van der Waals surface area contributed by atoms with Gasteiger partial charge in [0.1, 0.15) is 11.8 Å². The van der Waals surface area contributed by atoms with Crippen molar-refractivity contribution >= 4 is 17.3 Å². The first-order valence-electron chi connectivity index (χ1n) is 7.14. The molecule has 0 aliphatic carbocycles. The van der Waals surface area contributed by atoms with E-state index < -0.39 is 16.9 Å². The van der Waals surface area contributed by atoms with Gasteiger partial charge in [-0.1, -0.05) is 18.2 Å². The summed E-state index contributed by atoms with van der Waals surface area (Å²) in [6.07, 6.45) is -0.877. The van der Waals surface area contributed by atoms with Crippen molar-refractivity contribution in [2.45, 2.75) is 20.0 Å². The van der Waals surface area contributed by atoms with Gasteiger partial charge in [0.25, 0.3) is 11.6 Å². The molecule has 24 heavy (non-hydrogen) atoms. The van der Waals surface area contributed by atoms with E-state index in [1.165, 1.54) is 19.1 Å². The van der Waals surface area contributed by atoms with E-state index >= 15 is 0 Å². The number of carbonyl (C=O) groups is 1. The van der Waals surface area contributed by atoms with Gasteiger partial charge in [0.15, 0.2) is 6.10 Å². The van der Waals surface area contributed by atoms with Crippen LogP contribution in [0.2, 0.25) is 0 Å². The molecule has 0 heterocycles. The Bertz CT molecular complexity index is 827. The highest BCUT2D eigenvalue weighted by molar-refractivity contribution is 5.95. The molecule has 0 aromatic heterocycles. The Labute approximate surface area is 138 Å². The van der Waals surface area contributed by atoms with E-state index in [-0.39, 0.29) is 5.69 Å². The summed E-state index contributed by atoms with van der Waals surface area (Å²) in [6.45, 7) is 3.10. The Morgan fingerprint density at radius 2 is 2.00 bits per heavy atom. The van der Waals surface area contributed by atoms with Gasteiger partial charge in [-0.05, 0) is 32.0 Å². The molecule has 1 N–H and O–H groups in total. The van der Waals surface area contributed by atoms with Crippen molar-refractivity contribution < 1.29 is 14.5 Å². The molecule has 0 saturated heterocycles. The van der Waals surface area contributed by atoms with Gasteiger partial charge in [0, 0.05) is 6.07 Å². The molecule has 2 aromatic carbocycles. The number of para-hydroxylation sites is 1. The van der Waals surface area contributed by atoms with E-state index in [0.717, 1.165) is 0 Å². The lowest BCUT2D eigenvalue weighted by Crippen LogP contribution is -2.30. The van der Waals surface area contributed by atoms with Crippen LogP contribution >= 0.6 is 0 Å². The first-order valence-corrected chi connectivity index (χ1v) is 7.14. The molecule has 0 fully saturated rings. The Balaban J connectivity index is 2.14. The number of hydrogen-bond donors (Lipinski definition) is 1. The Morgan fingerprint density at radius 3 is 2.67 bits per heavy atom. The first-order chi connectivity index (χ1) is 11.4. The highest BCUT2D eigenvalue weighted by Crippen LogP contribution is 2.25. The number of nitrogens with zero attached hydrogens (tertiary/aromatic N) is 2. The minimum Gasteiger partial charge on any atom is -0.480 e. The summed E-state index contributed by atoms with van der Waals surface area (Å²) in [7, 11) is 0. The molecule has 2 aromatic rings. The average Bonchev–Trinajstić information content (AvgIpc) is 2.56. The lowest BCUT2D eigenvalue weighted by molar-refractivity contribution is -0.385. The van der Waals surface area contributed by atoms with Crippen LogP contribution in [0.3, 0.4) is 0 Å². The molecule has 2 rings (SSSR count). The number of anilines is 1. The monoisotopic (exact) mass is 325 g/mol. The van der Waals surface area contributed by atoms with E-state index in [1.807, 2.05) is 6.07 Å². The van der Waals surface area contributed by atoms with Crippen molar-refractivity contribution in [3.8, 4) is 11.8 Å². The fourth-order valence-corrected chi connectivity index (χ4v) is 2.10. The number of ether oxygens (including phenoxy) is 1. The zero-order chi connectivity index (χ0) is 17.7. The molecular weight excluding hydrogens is 310 g/mol. The molecule has 1 amide bonds. The van der Waals surface area contributed by atoms with Crippen LogP contribution in [-0.2, 0) is 4.79 Å². The van der Waals surface area contributed by atoms with Gasteiger partial charge < -0.3 is 10.1 Å². The number of nitro groups is 1. The Hall–Kier alpha value is -3.40. The largest absolute Gasteiger partial charge is 0.480 e. The second-order valence-corrected chi connectivity index (χ2v) is 5.06. The molecule has 0 aliphatic heterocycles. The Kier molecular flexibility index (Phi) is 5.12. The van der Waals surface area contributed by atoms with Crippen molar-refractivity contribution in [1.82, 2.24) is 0 Å². The number of hydrogen-bond acceptors (Lipinski definition) is 5. The molecule has 0 bridgehead atoms. The topological polar surface area (TPSA) is 105 Å². The van der Waals surface area contributed by atoms with Crippen LogP contribution < -0.4 is 10.1 Å². The van der Waals surface area contributed by atoms with Crippen LogP contribution in [-0.4, -0.2) is 16.9 Å². The van der Waals surface area contributed by atoms with E-state index in [2.05, 4.69) is 5.32 Å². The van der Waals surface area contributed by atoms with Gasteiger partial charge >= 0.3 is 0 Å². The fourth-order valence-electron chi connectivity index (χ4n) is 2.10. The van der Waals surface area contributed by atoms with Gasteiger partial charge in [-0.2, -0.15) is 5.26 Å². The fraction of sp³-hybridized carbons (Fsp3) is 0.176. The lowest BCUT2D eigenvalue weighted by Gasteiger charge is -2.16. The standard InChI is InChI=1S/C17H15N3O4/c1-11-14(7-5-8-15(11)20(22)23)19-17(21)12(2)24-16-9-4-3-6-13(16)10-18/h3-9,12H,1-2H3,(H,19,21). The predicted octanol–water partition coefficient (Wildman–Crippen LogP) is 3.18. The summed E-state index contributed by atoms with van der Waals surface area (Å²) in [5, 5.41) is 22.6. The van der Waals surface area contributed by atoms with Crippen LogP contribution in [0.4, 0.5) is 11.4 Å². The smallest absolute Gasteiger partial charge is 0.274 e. The first kappa shape index (κ1) is 17.0. The second kappa shape index (κ2) is 7.24. The molecule has 0 radical (unpaired) electrons. The second-order valence-electron chi connectivity index (χ2n) is 5.06. The summed E-state index contributed by atoms with van der Waals surface area (Å²) < 4.78 is 5.52. The summed E-state index contributed by atoms with van der Waals surface area (Å²) in [4.78, 5) is 22.7. The maximum absolute atomic E-state index is 12.3. The zero-order valence-corrected chi connectivity index (χ0v) is 13.1. The summed E-state index contributed by atoms with van der Waals surface area (Å²) in [5.41, 5.74) is 0.957. The number of rotatable bonds is 5. The number of amides is 1. The maximum atomic E-state index is 12.3. The Morgan fingerprint density at radius 1 is 1.29 bits per heavy atom. The van der Waals surface area contributed by atoms with Crippen molar-refractivity contribution in [1.29, 1.82) is 5.26 Å². The molecule has 1 atom stereocenters. The van der Waals surface area contributed by atoms with Gasteiger partial charge in [-0.15, -0.1) is 0 Å². The summed E-state index contributed by atoms with van der Waals surface area (Å²) >= 11 is 0. The van der Waals surface area contributed by atoms with Gasteiger partial charge in [-0.3, -0.25) is 14.9 Å². The molecule has 7 heteroatoms. The predicted molar refractivity (Wildman–Crippen MR) is 87.7 cm³/mol. The minimum absolute atomic E-state index is 0.0730. The summed E-state index contributed by atoms with van der Waals surface area (Å²) in [5.74, 6) is -0.162. The molecule has 0 aliphatic rings. The lowest BCUT2D eigenvalue weighted by atomic mass is 10.1. The van der Waals surface area contributed by atoms with Crippen LogP contribution in [0.25, 0.3) is 0 Å². The number of nitro benzene ring substituents is 1. The molecule has 1 unspecified atom stereocenters. The molecule has 0 saturated carbocycles. The van der Waals surface area contributed by atoms with Crippen molar-refractivity contribution in [3.63, 3.8) is 0 Å². The van der Waals surface area contributed by atoms with Gasteiger partial charge in [0.2, 0.25) is 0 Å². The zero-order valence-electron chi connectivity index (χ0n) is 13.1. The van der Waals surface area contributed by atoms with E-state index in [9.17, 15) is 14.9 Å². The van der Waals surface area contributed by atoms with Crippen molar-refractivity contribution in [2.24, 2.45) is 0 Å². The minimum atomic E-state index is -0.877. The van der Waals surface area contributed by atoms with Crippen LogP contribution in [0.5, 0.6) is 5.75 Å². The van der Waals surface area contributed by atoms with E-state index in [4.69, 9.17) is 10.00 Å². The highest BCUT2D eigenvalue weighted by Gasteiger charge is 2.19. The number of nitrogens with one attached hydrogen (secondary N) is 1. The number of carbonyl (C=O) groups excluding carboxylic acids is 1. The molecule has 122 valence electrons. The third kappa shape index (κ3) is 3.67. The van der Waals surface area contributed by atoms with Crippen LogP contribution in [0.15, 0.2) is 42.5 Å². The quantitative estimate of drug-likeness (QED) is 0.671. The molecular formula is C17H15N3O4. The van der Waals surface area contributed by atoms with E-state index in [0.29, 0.717) is 22.6 Å². The van der Waals surface area contributed by atoms with Gasteiger partial charge in [0.05, 0.1) is 21.7 Å². The third-order valence-corrected chi connectivity index (χ3v) is 3.44. The molecule has 7 nitrogen and oxygen atoms in total. The summed E-state index contributed by atoms with van der Waals surface area (Å²) in [6, 6.07) is 13.0. The third-order valence-electron chi connectivity index (χ3n) is 3.44. The van der Waals surface area contributed by atoms with Crippen LogP contribution in [0, 0.1) is 28.4 Å². The SMILES string of the molecule is Cc1c(NC(=O)C(C)Oc2ccccc2C#N)cccc1[N+](=O)[O-]. The van der Waals surface area contributed by atoms with Crippen LogP contribution in [0.1, 0.15) is 18.1 Å². The number of benzene rings is 2. The number of nitriles is 1. The highest BCUT2D eigenvalue weighted by atomic mass is 16.6. The van der Waals surface area contributed by atoms with Gasteiger partial charge in [-0.25, -0.2) is 0 Å². The van der Waals surface area contributed by atoms with E-state index in [1.54, 1.807) is 37.3 Å². The normalized spacial score (nSPS) is 11.2. The maximum Gasteiger partial charge on any atom is 0.274 e.